The summed E-state index contributed by atoms with van der Waals surface area (Å²) in [7, 11) is -3.90. The van der Waals surface area contributed by atoms with Crippen molar-refractivity contribution in [3.8, 4) is 0 Å². The highest BCUT2D eigenvalue weighted by molar-refractivity contribution is 7.89. The molecule has 1 aromatic heterocycles. The third-order valence-corrected chi connectivity index (χ3v) is 4.20. The van der Waals surface area contributed by atoms with Gasteiger partial charge in [0, 0.05) is 12.1 Å². The number of aromatic nitrogens is 2. The van der Waals surface area contributed by atoms with Crippen LogP contribution in [0.3, 0.4) is 0 Å². The van der Waals surface area contributed by atoms with Gasteiger partial charge in [0.05, 0.1) is 21.2 Å². The monoisotopic (exact) mass is 281 g/mol. The molecule has 0 N–H and O–H groups in total. The molecule has 0 saturated heterocycles. The number of non-ortho nitro benzene ring substituents is 1. The molecule has 1 heterocycles. The summed E-state index contributed by atoms with van der Waals surface area (Å²) in [5, 5.41) is 14.6. The zero-order chi connectivity index (χ0) is 14.2. The Labute approximate surface area is 109 Å². The van der Waals surface area contributed by atoms with Gasteiger partial charge in [0.2, 0.25) is 0 Å². The van der Waals surface area contributed by atoms with E-state index < -0.39 is 14.9 Å². The minimum absolute atomic E-state index is 0.159. The van der Waals surface area contributed by atoms with E-state index in [1.807, 2.05) is 0 Å². The molecule has 2 aromatic rings. The molecule has 7 nitrogen and oxygen atoms in total. The summed E-state index contributed by atoms with van der Waals surface area (Å²) in [5.41, 5.74) is 0.734. The van der Waals surface area contributed by atoms with Crippen LogP contribution in [0.15, 0.2) is 35.2 Å². The van der Waals surface area contributed by atoms with Crippen molar-refractivity contribution in [1.29, 1.82) is 0 Å². The molecule has 0 amide bonds. The summed E-state index contributed by atoms with van der Waals surface area (Å²) < 4.78 is 25.5. The maximum absolute atomic E-state index is 12.3. The topological polar surface area (TPSA) is 95.1 Å². The molecule has 0 spiro atoms. The van der Waals surface area contributed by atoms with Crippen LogP contribution < -0.4 is 0 Å². The molecule has 0 aliphatic heterocycles. The Morgan fingerprint density at radius 3 is 2.47 bits per heavy atom. The lowest BCUT2D eigenvalue weighted by molar-refractivity contribution is -0.385. The second-order valence-corrected chi connectivity index (χ2v) is 5.80. The van der Waals surface area contributed by atoms with Gasteiger partial charge in [-0.05, 0) is 26.0 Å². The van der Waals surface area contributed by atoms with Gasteiger partial charge in [-0.25, -0.2) is 0 Å². The molecule has 0 fully saturated rings. The van der Waals surface area contributed by atoms with Gasteiger partial charge in [0.1, 0.15) is 0 Å². The first-order valence-corrected chi connectivity index (χ1v) is 6.79. The van der Waals surface area contributed by atoms with Crippen LogP contribution in [0, 0.1) is 24.0 Å². The Morgan fingerprint density at radius 1 is 1.26 bits per heavy atom. The summed E-state index contributed by atoms with van der Waals surface area (Å²) in [5.74, 6) is 0. The number of hydrogen-bond donors (Lipinski definition) is 0. The molecular weight excluding hydrogens is 270 g/mol. The minimum Gasteiger partial charge on any atom is -0.258 e. The number of nitro benzene ring substituents is 1. The average molecular weight is 281 g/mol. The first-order valence-electron chi connectivity index (χ1n) is 5.35. The number of nitrogens with zero attached hydrogens (tertiary/aromatic N) is 3. The van der Waals surface area contributed by atoms with E-state index in [0.717, 1.165) is 10.2 Å². The van der Waals surface area contributed by atoms with E-state index in [-0.39, 0.29) is 10.6 Å². The fourth-order valence-corrected chi connectivity index (χ4v) is 3.10. The van der Waals surface area contributed by atoms with Gasteiger partial charge in [-0.2, -0.15) is 17.6 Å². The zero-order valence-corrected chi connectivity index (χ0v) is 11.1. The lowest BCUT2D eigenvalue weighted by atomic mass is 10.3. The van der Waals surface area contributed by atoms with E-state index in [9.17, 15) is 18.5 Å². The maximum Gasteiger partial charge on any atom is 0.283 e. The summed E-state index contributed by atoms with van der Waals surface area (Å²) in [4.78, 5) is 9.88. The molecule has 0 radical (unpaired) electrons. The third kappa shape index (κ3) is 2.34. The van der Waals surface area contributed by atoms with E-state index in [2.05, 4.69) is 5.10 Å². The van der Waals surface area contributed by atoms with Crippen molar-refractivity contribution in [2.45, 2.75) is 18.7 Å². The molecule has 1 aromatic carbocycles. The highest BCUT2D eigenvalue weighted by Crippen LogP contribution is 2.20. The highest BCUT2D eigenvalue weighted by atomic mass is 32.2. The predicted octanol–water partition coefficient (Wildman–Crippen LogP) is 1.65. The van der Waals surface area contributed by atoms with Crippen molar-refractivity contribution in [3.05, 3.63) is 51.8 Å². The zero-order valence-electron chi connectivity index (χ0n) is 10.3. The van der Waals surface area contributed by atoms with Gasteiger partial charge in [-0.15, -0.1) is 0 Å². The molecule has 2 rings (SSSR count). The van der Waals surface area contributed by atoms with E-state index in [4.69, 9.17) is 0 Å². The standard InChI is InChI=1S/C11H11N3O4S/c1-8-6-9(2)13(12-8)19(17,18)11-5-3-4-10(7-11)14(15)16/h3-7H,1-2H3. The second-order valence-electron chi connectivity index (χ2n) is 4.03. The molecule has 19 heavy (non-hydrogen) atoms. The van der Waals surface area contributed by atoms with Crippen molar-refractivity contribution < 1.29 is 13.3 Å². The highest BCUT2D eigenvalue weighted by Gasteiger charge is 2.22. The Kier molecular flexibility index (Phi) is 3.11. The Balaban J connectivity index is 2.60. The number of aryl methyl sites for hydroxylation is 2. The van der Waals surface area contributed by atoms with Crippen LogP contribution in [0.2, 0.25) is 0 Å². The normalized spacial score (nSPS) is 11.5. The van der Waals surface area contributed by atoms with Crippen LogP contribution in [0.5, 0.6) is 0 Å². The largest absolute Gasteiger partial charge is 0.283 e. The number of rotatable bonds is 3. The summed E-state index contributed by atoms with van der Waals surface area (Å²) in [6, 6.07) is 6.51. The minimum atomic E-state index is -3.90. The SMILES string of the molecule is Cc1cc(C)n(S(=O)(=O)c2cccc([N+](=O)[O-])c2)n1. The fourth-order valence-electron chi connectivity index (χ4n) is 1.71. The summed E-state index contributed by atoms with van der Waals surface area (Å²) in [6.07, 6.45) is 0. The molecule has 100 valence electrons. The average Bonchev–Trinajstić information content (AvgIpc) is 2.69. The van der Waals surface area contributed by atoms with Crippen molar-refractivity contribution >= 4 is 15.7 Å². The number of nitro groups is 1. The van der Waals surface area contributed by atoms with Crippen LogP contribution in [0.25, 0.3) is 0 Å². The molecule has 0 bridgehead atoms. The molecule has 0 unspecified atom stereocenters. The van der Waals surface area contributed by atoms with Crippen LogP contribution in [0.4, 0.5) is 5.69 Å². The van der Waals surface area contributed by atoms with E-state index >= 15 is 0 Å². The van der Waals surface area contributed by atoms with Crippen LogP contribution in [0.1, 0.15) is 11.4 Å². The number of benzene rings is 1. The second kappa shape index (κ2) is 4.47. The van der Waals surface area contributed by atoms with Crippen LogP contribution in [-0.2, 0) is 10.0 Å². The van der Waals surface area contributed by atoms with Gasteiger partial charge in [0.15, 0.2) is 0 Å². The Hall–Kier alpha value is -2.22. The van der Waals surface area contributed by atoms with Gasteiger partial charge in [-0.1, -0.05) is 6.07 Å². The molecule has 0 aliphatic rings. The fraction of sp³-hybridized carbons (Fsp3) is 0.182. The van der Waals surface area contributed by atoms with Gasteiger partial charge in [-0.3, -0.25) is 10.1 Å². The molecule has 0 aliphatic carbocycles. The van der Waals surface area contributed by atoms with E-state index in [0.29, 0.717) is 11.4 Å². The molecular formula is C11H11N3O4S. The first-order chi connectivity index (χ1) is 8.82. The lowest BCUT2D eigenvalue weighted by Crippen LogP contribution is -2.16. The van der Waals surface area contributed by atoms with Crippen molar-refractivity contribution in [3.63, 3.8) is 0 Å². The molecule has 0 atom stereocenters. The Morgan fingerprint density at radius 2 is 1.95 bits per heavy atom. The van der Waals surface area contributed by atoms with Crippen LogP contribution >= 0.6 is 0 Å². The Bertz CT molecular complexity index is 749. The maximum atomic E-state index is 12.3. The van der Waals surface area contributed by atoms with Gasteiger partial charge >= 0.3 is 0 Å². The summed E-state index contributed by atoms with van der Waals surface area (Å²) >= 11 is 0. The predicted molar refractivity (Wildman–Crippen MR) is 67.4 cm³/mol. The molecule has 8 heteroatoms. The quantitative estimate of drug-likeness (QED) is 0.629. The first kappa shape index (κ1) is 13.2. The third-order valence-electron chi connectivity index (χ3n) is 2.52. The van der Waals surface area contributed by atoms with Gasteiger partial charge < -0.3 is 0 Å². The smallest absolute Gasteiger partial charge is 0.258 e. The van der Waals surface area contributed by atoms with Crippen molar-refractivity contribution in [2.24, 2.45) is 0 Å². The van der Waals surface area contributed by atoms with Gasteiger partial charge in [0.25, 0.3) is 15.7 Å². The van der Waals surface area contributed by atoms with Crippen molar-refractivity contribution in [2.75, 3.05) is 0 Å². The molecule has 0 saturated carbocycles. The van der Waals surface area contributed by atoms with Crippen LogP contribution in [-0.4, -0.2) is 22.5 Å². The lowest BCUT2D eigenvalue weighted by Gasteiger charge is -2.06. The van der Waals surface area contributed by atoms with Crippen molar-refractivity contribution in [1.82, 2.24) is 9.19 Å². The number of hydrogen-bond acceptors (Lipinski definition) is 5. The van der Waals surface area contributed by atoms with E-state index in [1.165, 1.54) is 18.2 Å². The summed E-state index contributed by atoms with van der Waals surface area (Å²) in [6.45, 7) is 3.28. The van der Waals surface area contributed by atoms with E-state index in [1.54, 1.807) is 19.9 Å².